The third-order valence-electron chi connectivity index (χ3n) is 1.35. The van der Waals surface area contributed by atoms with Crippen LogP contribution in [0.2, 0.25) is 0 Å². The van der Waals surface area contributed by atoms with Crippen LogP contribution >= 0.6 is 12.2 Å². The molecule has 1 unspecified atom stereocenters. The molecule has 0 rings (SSSR count). The van der Waals surface area contributed by atoms with Crippen LogP contribution in [-0.4, -0.2) is 11.2 Å². The van der Waals surface area contributed by atoms with Crippen LogP contribution in [0.5, 0.6) is 0 Å². The number of hydrogen-bond donors (Lipinski definition) is 1. The van der Waals surface area contributed by atoms with Crippen LogP contribution in [0.1, 0.15) is 19.8 Å². The van der Waals surface area contributed by atoms with Gasteiger partial charge in [-0.2, -0.15) is 13.2 Å². The summed E-state index contributed by atoms with van der Waals surface area (Å²) in [6.07, 6.45) is -4.93. The van der Waals surface area contributed by atoms with E-state index >= 15 is 0 Å². The summed E-state index contributed by atoms with van der Waals surface area (Å²) in [6.45, 7) is 1.59. The van der Waals surface area contributed by atoms with E-state index in [4.69, 9.17) is 5.73 Å². The molecule has 0 aromatic carbocycles. The molecular weight excluding hydrogens is 175 g/mol. The summed E-state index contributed by atoms with van der Waals surface area (Å²) in [7, 11) is 0. The number of nitrogens with two attached hydrogens (primary N) is 1. The lowest BCUT2D eigenvalue weighted by atomic mass is 10.1. The lowest BCUT2D eigenvalue weighted by molar-refractivity contribution is -0.136. The monoisotopic (exact) mass is 185 g/mol. The quantitative estimate of drug-likeness (QED) is 0.682. The second-order valence-corrected chi connectivity index (χ2v) is 2.93. The van der Waals surface area contributed by atoms with E-state index in [2.05, 4.69) is 12.2 Å². The van der Waals surface area contributed by atoms with Crippen LogP contribution in [0.15, 0.2) is 0 Å². The number of hydrogen-bond acceptors (Lipinski definition) is 1. The zero-order chi connectivity index (χ0) is 9.07. The predicted octanol–water partition coefficient (Wildman–Crippen LogP) is 2.25. The molecule has 0 radical (unpaired) electrons. The van der Waals surface area contributed by atoms with Gasteiger partial charge in [-0.15, -0.1) is 0 Å². The van der Waals surface area contributed by atoms with Crippen molar-refractivity contribution in [1.29, 1.82) is 0 Å². The fraction of sp³-hybridized carbons (Fsp3) is 0.833. The molecule has 0 aliphatic rings. The number of alkyl halides is 3. The Labute approximate surface area is 68.8 Å². The maximum absolute atomic E-state index is 11.6. The van der Waals surface area contributed by atoms with Crippen molar-refractivity contribution in [2.45, 2.75) is 25.9 Å². The van der Waals surface area contributed by atoms with Crippen molar-refractivity contribution < 1.29 is 13.2 Å². The minimum Gasteiger partial charge on any atom is -0.393 e. The Kier molecular flexibility index (Phi) is 3.78. The Hall–Kier alpha value is -0.320. The van der Waals surface area contributed by atoms with E-state index in [1.165, 1.54) is 0 Å². The second-order valence-electron chi connectivity index (χ2n) is 2.46. The molecule has 0 aromatic heterocycles. The molecule has 11 heavy (non-hydrogen) atoms. The lowest BCUT2D eigenvalue weighted by Gasteiger charge is -2.10. The fourth-order valence-corrected chi connectivity index (χ4v) is 0.640. The maximum atomic E-state index is 11.6. The van der Waals surface area contributed by atoms with Gasteiger partial charge < -0.3 is 5.73 Å². The van der Waals surface area contributed by atoms with Crippen molar-refractivity contribution in [2.24, 2.45) is 11.7 Å². The number of halogens is 3. The molecule has 0 aliphatic heterocycles. The molecule has 0 saturated heterocycles. The Morgan fingerprint density at radius 1 is 1.55 bits per heavy atom. The first-order chi connectivity index (χ1) is 4.83. The summed E-state index contributed by atoms with van der Waals surface area (Å²) in [6, 6.07) is 0. The Morgan fingerprint density at radius 2 is 2.00 bits per heavy atom. The van der Waals surface area contributed by atoms with Gasteiger partial charge in [-0.1, -0.05) is 19.1 Å². The molecule has 0 spiro atoms. The first-order valence-corrected chi connectivity index (χ1v) is 3.60. The minimum absolute atomic E-state index is 0.0150. The summed E-state index contributed by atoms with van der Waals surface area (Å²) in [5.41, 5.74) is 5.13. The van der Waals surface area contributed by atoms with Crippen LogP contribution in [0.25, 0.3) is 0 Å². The van der Waals surface area contributed by atoms with E-state index < -0.39 is 12.6 Å². The van der Waals surface area contributed by atoms with Gasteiger partial charge in [0.2, 0.25) is 0 Å². The topological polar surface area (TPSA) is 26.0 Å². The van der Waals surface area contributed by atoms with Gasteiger partial charge in [-0.05, 0) is 6.42 Å². The van der Waals surface area contributed by atoms with Crippen molar-refractivity contribution in [3.63, 3.8) is 0 Å². The summed E-state index contributed by atoms with van der Waals surface area (Å²) < 4.78 is 34.8. The molecule has 1 atom stereocenters. The zero-order valence-electron chi connectivity index (χ0n) is 6.11. The molecule has 2 N–H and O–H groups in total. The van der Waals surface area contributed by atoms with Crippen LogP contribution in [0.4, 0.5) is 13.2 Å². The number of thiocarbonyl (C=S) groups is 1. The molecule has 1 nitrogen and oxygen atoms in total. The standard InChI is InChI=1S/C6H10F3NS/c1-4(5(10)11)2-3-6(7,8)9/h4H,2-3H2,1H3,(H2,10,11). The highest BCUT2D eigenvalue weighted by Crippen LogP contribution is 2.23. The largest absolute Gasteiger partial charge is 0.393 e. The van der Waals surface area contributed by atoms with Crippen molar-refractivity contribution in [1.82, 2.24) is 0 Å². The Bertz CT molecular complexity index is 143. The summed E-state index contributed by atoms with van der Waals surface area (Å²) in [5.74, 6) is -0.327. The molecule has 0 fully saturated rings. The van der Waals surface area contributed by atoms with Gasteiger partial charge >= 0.3 is 6.18 Å². The summed E-state index contributed by atoms with van der Waals surface area (Å²) in [5, 5.41) is 0. The van der Waals surface area contributed by atoms with Crippen LogP contribution in [-0.2, 0) is 0 Å². The Balaban J connectivity index is 3.63. The van der Waals surface area contributed by atoms with Gasteiger partial charge in [0, 0.05) is 12.3 Å². The molecule has 66 valence electrons. The highest BCUT2D eigenvalue weighted by atomic mass is 32.1. The summed E-state index contributed by atoms with van der Waals surface area (Å²) >= 11 is 4.52. The first-order valence-electron chi connectivity index (χ1n) is 3.19. The summed E-state index contributed by atoms with van der Waals surface area (Å²) in [4.78, 5) is 0.147. The van der Waals surface area contributed by atoms with Crippen LogP contribution in [0, 0.1) is 5.92 Å². The van der Waals surface area contributed by atoms with Gasteiger partial charge in [-0.3, -0.25) is 0 Å². The molecule has 0 saturated carbocycles. The fourth-order valence-electron chi connectivity index (χ4n) is 0.522. The van der Waals surface area contributed by atoms with E-state index in [1.807, 2.05) is 0 Å². The van der Waals surface area contributed by atoms with Crippen molar-refractivity contribution in [2.75, 3.05) is 0 Å². The van der Waals surface area contributed by atoms with Crippen LogP contribution < -0.4 is 5.73 Å². The average Bonchev–Trinajstić information content (AvgIpc) is 1.80. The van der Waals surface area contributed by atoms with Gasteiger partial charge in [-0.25, -0.2) is 0 Å². The maximum Gasteiger partial charge on any atom is 0.389 e. The van der Waals surface area contributed by atoms with E-state index in [9.17, 15) is 13.2 Å². The van der Waals surface area contributed by atoms with Gasteiger partial charge in [0.15, 0.2) is 0 Å². The van der Waals surface area contributed by atoms with Crippen molar-refractivity contribution in [3.05, 3.63) is 0 Å². The molecule has 0 heterocycles. The SMILES string of the molecule is CC(CCC(F)(F)F)C(N)=S. The molecule has 0 aliphatic carbocycles. The Morgan fingerprint density at radius 3 is 2.27 bits per heavy atom. The van der Waals surface area contributed by atoms with Gasteiger partial charge in [0.05, 0.1) is 4.99 Å². The second kappa shape index (κ2) is 3.90. The van der Waals surface area contributed by atoms with E-state index in [0.29, 0.717) is 0 Å². The average molecular weight is 185 g/mol. The van der Waals surface area contributed by atoms with Gasteiger partial charge in [0.25, 0.3) is 0 Å². The van der Waals surface area contributed by atoms with E-state index in [-0.39, 0.29) is 17.3 Å². The molecule has 0 bridgehead atoms. The molecule has 5 heteroatoms. The van der Waals surface area contributed by atoms with E-state index in [0.717, 1.165) is 0 Å². The lowest BCUT2D eigenvalue weighted by Crippen LogP contribution is -2.20. The van der Waals surface area contributed by atoms with Gasteiger partial charge in [0.1, 0.15) is 0 Å². The minimum atomic E-state index is -4.10. The molecular formula is C6H10F3NS. The van der Waals surface area contributed by atoms with Crippen LogP contribution in [0.3, 0.4) is 0 Å². The predicted molar refractivity (Wildman–Crippen MR) is 41.2 cm³/mol. The normalized spacial score (nSPS) is 14.5. The smallest absolute Gasteiger partial charge is 0.389 e. The highest BCUT2D eigenvalue weighted by Gasteiger charge is 2.27. The third-order valence-corrected chi connectivity index (χ3v) is 1.75. The molecule has 0 amide bonds. The highest BCUT2D eigenvalue weighted by molar-refractivity contribution is 7.80. The van der Waals surface area contributed by atoms with Crippen molar-refractivity contribution >= 4 is 17.2 Å². The zero-order valence-corrected chi connectivity index (χ0v) is 6.93. The molecule has 0 aromatic rings. The number of rotatable bonds is 3. The van der Waals surface area contributed by atoms with E-state index in [1.54, 1.807) is 6.92 Å². The third kappa shape index (κ3) is 6.09. The first kappa shape index (κ1) is 10.7. The van der Waals surface area contributed by atoms with Crippen molar-refractivity contribution in [3.8, 4) is 0 Å².